The second kappa shape index (κ2) is 4.76. The van der Waals surface area contributed by atoms with E-state index >= 15 is 0 Å². The van der Waals surface area contributed by atoms with Gasteiger partial charge in [0.1, 0.15) is 0 Å². The predicted molar refractivity (Wildman–Crippen MR) is 60.5 cm³/mol. The van der Waals surface area contributed by atoms with Gasteiger partial charge in [0, 0.05) is 5.54 Å². The van der Waals surface area contributed by atoms with Crippen molar-refractivity contribution in [1.82, 2.24) is 0 Å². The number of nitrogens with two attached hydrogens (primary N) is 1. The summed E-state index contributed by atoms with van der Waals surface area (Å²) < 4.78 is 38.1. The van der Waals surface area contributed by atoms with Gasteiger partial charge in [0.15, 0.2) is 0 Å². The Labute approximate surface area is 100 Å². The first-order chi connectivity index (χ1) is 7.62. The average Bonchev–Trinajstić information content (AvgIpc) is 2.16. The van der Waals surface area contributed by atoms with Crippen LogP contribution in [0.4, 0.5) is 13.2 Å². The minimum absolute atomic E-state index is 0.105. The molecule has 0 aromatic rings. The zero-order chi connectivity index (χ0) is 13.3. The van der Waals surface area contributed by atoms with Crippen molar-refractivity contribution in [2.24, 2.45) is 11.7 Å². The van der Waals surface area contributed by atoms with Crippen LogP contribution in [0, 0.1) is 5.92 Å². The molecule has 0 aromatic heterocycles. The fourth-order valence-corrected chi connectivity index (χ4v) is 2.80. The quantitative estimate of drug-likeness (QED) is 0.812. The van der Waals surface area contributed by atoms with Gasteiger partial charge in [-0.1, -0.05) is 13.3 Å². The maximum absolute atomic E-state index is 12.7. The molecule has 0 heterocycles. The maximum Gasteiger partial charge on any atom is 0.391 e. The van der Waals surface area contributed by atoms with E-state index in [-0.39, 0.29) is 12.8 Å². The summed E-state index contributed by atoms with van der Waals surface area (Å²) in [5, 5.41) is 10.4. The lowest BCUT2D eigenvalue weighted by Gasteiger charge is -2.47. The van der Waals surface area contributed by atoms with Crippen molar-refractivity contribution >= 4 is 0 Å². The molecule has 0 spiro atoms. The molecule has 3 atom stereocenters. The molecule has 0 aliphatic heterocycles. The Morgan fingerprint density at radius 3 is 2.47 bits per heavy atom. The Bertz CT molecular complexity index is 265. The van der Waals surface area contributed by atoms with Crippen LogP contribution >= 0.6 is 0 Å². The molecule has 1 fully saturated rings. The third-order valence-corrected chi connectivity index (χ3v) is 4.02. The van der Waals surface area contributed by atoms with Gasteiger partial charge >= 0.3 is 6.18 Å². The summed E-state index contributed by atoms with van der Waals surface area (Å²) in [4.78, 5) is 0. The fraction of sp³-hybridized carbons (Fsp3) is 1.00. The number of hydrogen-bond acceptors (Lipinski definition) is 2. The Balaban J connectivity index is 2.83. The average molecular weight is 253 g/mol. The molecule has 2 nitrogen and oxygen atoms in total. The first-order valence-electron chi connectivity index (χ1n) is 6.20. The van der Waals surface area contributed by atoms with Crippen molar-refractivity contribution in [3.8, 4) is 0 Å². The molecular formula is C12H22F3NO. The van der Waals surface area contributed by atoms with Crippen LogP contribution in [0.15, 0.2) is 0 Å². The smallest absolute Gasteiger partial charge is 0.388 e. The minimum atomic E-state index is -4.23. The van der Waals surface area contributed by atoms with Gasteiger partial charge in [-0.05, 0) is 39.0 Å². The zero-order valence-corrected chi connectivity index (χ0v) is 10.5. The molecule has 102 valence electrons. The molecule has 0 radical (unpaired) electrons. The van der Waals surface area contributed by atoms with Gasteiger partial charge in [-0.15, -0.1) is 0 Å². The topological polar surface area (TPSA) is 46.2 Å². The van der Waals surface area contributed by atoms with Gasteiger partial charge in [-0.25, -0.2) is 0 Å². The Morgan fingerprint density at radius 2 is 2.00 bits per heavy atom. The Hall–Kier alpha value is -0.290. The van der Waals surface area contributed by atoms with Crippen LogP contribution in [0.1, 0.15) is 52.4 Å². The first kappa shape index (κ1) is 14.8. The summed E-state index contributed by atoms with van der Waals surface area (Å²) in [7, 11) is 0. The summed E-state index contributed by atoms with van der Waals surface area (Å²) in [5.74, 6) is -1.42. The highest BCUT2D eigenvalue weighted by Crippen LogP contribution is 2.45. The van der Waals surface area contributed by atoms with Crippen molar-refractivity contribution < 1.29 is 18.3 Å². The predicted octanol–water partition coefficient (Wildman–Crippen LogP) is 2.99. The SMILES string of the molecule is CCCC(C)(N)C1(O)CCCC(C(F)(F)F)C1. The largest absolute Gasteiger partial charge is 0.391 e. The zero-order valence-electron chi connectivity index (χ0n) is 10.5. The van der Waals surface area contributed by atoms with Crippen LogP contribution in [0.2, 0.25) is 0 Å². The standard InChI is InChI=1S/C12H22F3NO/c1-3-6-10(2,16)11(17)7-4-5-9(8-11)12(13,14)15/h9,17H,3-8,16H2,1-2H3. The summed E-state index contributed by atoms with van der Waals surface area (Å²) in [6.45, 7) is 3.58. The van der Waals surface area contributed by atoms with Crippen molar-refractivity contribution in [1.29, 1.82) is 0 Å². The summed E-state index contributed by atoms with van der Waals surface area (Å²) in [5.41, 5.74) is 3.70. The third kappa shape index (κ3) is 3.13. The van der Waals surface area contributed by atoms with Gasteiger partial charge in [0.05, 0.1) is 11.5 Å². The van der Waals surface area contributed by atoms with Crippen molar-refractivity contribution in [2.45, 2.75) is 69.7 Å². The maximum atomic E-state index is 12.7. The monoisotopic (exact) mass is 253 g/mol. The van der Waals surface area contributed by atoms with E-state index in [4.69, 9.17) is 5.73 Å². The van der Waals surface area contributed by atoms with Gasteiger partial charge < -0.3 is 10.8 Å². The molecule has 17 heavy (non-hydrogen) atoms. The molecule has 3 unspecified atom stereocenters. The van der Waals surface area contributed by atoms with E-state index < -0.39 is 23.2 Å². The highest BCUT2D eigenvalue weighted by Gasteiger charge is 2.52. The van der Waals surface area contributed by atoms with Crippen LogP contribution < -0.4 is 5.73 Å². The lowest BCUT2D eigenvalue weighted by Crippen LogP contribution is -2.61. The summed E-state index contributed by atoms with van der Waals surface area (Å²) >= 11 is 0. The third-order valence-electron chi connectivity index (χ3n) is 4.02. The number of aliphatic hydroxyl groups is 1. The highest BCUT2D eigenvalue weighted by molar-refractivity contribution is 5.04. The van der Waals surface area contributed by atoms with E-state index in [2.05, 4.69) is 0 Å². The van der Waals surface area contributed by atoms with E-state index in [1.54, 1.807) is 6.92 Å². The second-order valence-corrected chi connectivity index (χ2v) is 5.53. The van der Waals surface area contributed by atoms with Gasteiger partial charge in [0.2, 0.25) is 0 Å². The van der Waals surface area contributed by atoms with Crippen LogP contribution in [-0.4, -0.2) is 22.4 Å². The van der Waals surface area contributed by atoms with Crippen LogP contribution in [0.5, 0.6) is 0 Å². The Morgan fingerprint density at radius 1 is 1.41 bits per heavy atom. The van der Waals surface area contributed by atoms with Crippen molar-refractivity contribution in [2.75, 3.05) is 0 Å². The van der Waals surface area contributed by atoms with Crippen molar-refractivity contribution in [3.05, 3.63) is 0 Å². The van der Waals surface area contributed by atoms with Crippen molar-refractivity contribution in [3.63, 3.8) is 0 Å². The number of hydrogen-bond donors (Lipinski definition) is 2. The fourth-order valence-electron chi connectivity index (χ4n) is 2.80. The van der Waals surface area contributed by atoms with E-state index in [1.807, 2.05) is 6.92 Å². The lowest BCUT2D eigenvalue weighted by molar-refractivity contribution is -0.208. The van der Waals surface area contributed by atoms with Gasteiger partial charge in [0.25, 0.3) is 0 Å². The second-order valence-electron chi connectivity index (χ2n) is 5.53. The molecule has 1 saturated carbocycles. The van der Waals surface area contributed by atoms with Crippen LogP contribution in [-0.2, 0) is 0 Å². The molecule has 0 aromatic carbocycles. The molecule has 5 heteroatoms. The summed E-state index contributed by atoms with van der Waals surface area (Å²) in [6, 6.07) is 0. The number of rotatable bonds is 3. The molecule has 0 amide bonds. The van der Waals surface area contributed by atoms with E-state index in [1.165, 1.54) is 0 Å². The normalized spacial score (nSPS) is 34.4. The molecule has 0 bridgehead atoms. The summed E-state index contributed by atoms with van der Waals surface area (Å²) in [6.07, 6.45) is -2.34. The molecule has 1 aliphatic carbocycles. The lowest BCUT2D eigenvalue weighted by atomic mass is 9.67. The highest BCUT2D eigenvalue weighted by atomic mass is 19.4. The van der Waals surface area contributed by atoms with Gasteiger partial charge in [-0.2, -0.15) is 13.2 Å². The molecule has 3 N–H and O–H groups in total. The molecule has 1 aliphatic rings. The minimum Gasteiger partial charge on any atom is -0.388 e. The van der Waals surface area contributed by atoms with E-state index in [0.29, 0.717) is 19.3 Å². The molecule has 1 rings (SSSR count). The van der Waals surface area contributed by atoms with E-state index in [0.717, 1.165) is 6.42 Å². The molecule has 0 saturated heterocycles. The van der Waals surface area contributed by atoms with Crippen LogP contribution in [0.3, 0.4) is 0 Å². The number of halogens is 3. The Kier molecular flexibility index (Phi) is 4.14. The van der Waals surface area contributed by atoms with E-state index in [9.17, 15) is 18.3 Å². The van der Waals surface area contributed by atoms with Crippen LogP contribution in [0.25, 0.3) is 0 Å². The van der Waals surface area contributed by atoms with Gasteiger partial charge in [-0.3, -0.25) is 0 Å². The number of alkyl halides is 3. The molecular weight excluding hydrogens is 231 g/mol. The first-order valence-corrected chi connectivity index (χ1v) is 6.20.